The van der Waals surface area contributed by atoms with E-state index in [4.69, 9.17) is 9.15 Å². The summed E-state index contributed by atoms with van der Waals surface area (Å²) in [6.07, 6.45) is 2.00. The molecule has 104 valence electrons. The second-order valence-corrected chi connectivity index (χ2v) is 4.82. The van der Waals surface area contributed by atoms with Crippen molar-refractivity contribution in [2.75, 3.05) is 6.61 Å². The molecule has 1 aliphatic rings. The average Bonchev–Trinajstić information content (AvgIpc) is 3.21. The molecule has 0 atom stereocenters. The third-order valence-electron chi connectivity index (χ3n) is 3.18. The van der Waals surface area contributed by atoms with Gasteiger partial charge in [-0.15, -0.1) is 0 Å². The number of ether oxygens (including phenoxy) is 1. The van der Waals surface area contributed by atoms with Crippen molar-refractivity contribution in [3.05, 3.63) is 40.2 Å². The van der Waals surface area contributed by atoms with E-state index in [2.05, 4.69) is 5.32 Å². The molecule has 3 rings (SSSR count). The Labute approximate surface area is 115 Å². The number of amides is 1. The maximum Gasteiger partial charge on any atom is 0.337 e. The fourth-order valence-electron chi connectivity index (χ4n) is 2.08. The summed E-state index contributed by atoms with van der Waals surface area (Å²) in [6.45, 7) is 2.40. The highest BCUT2D eigenvalue weighted by atomic mass is 16.5. The summed E-state index contributed by atoms with van der Waals surface area (Å²) in [6, 6.07) is 6.62. The zero-order valence-corrected chi connectivity index (χ0v) is 11.1. The molecule has 2 aromatic rings. The number of hydrogen-bond donors (Lipinski definition) is 1. The van der Waals surface area contributed by atoms with Gasteiger partial charge in [0.05, 0.1) is 12.2 Å². The molecule has 1 aromatic carbocycles. The molecule has 1 N–H and O–H groups in total. The third-order valence-corrected chi connectivity index (χ3v) is 3.18. The molecular formula is C15H15NO4. The Morgan fingerprint density at radius 3 is 2.90 bits per heavy atom. The SMILES string of the molecule is CCOc1ccc2c(C(=O)NC3CC3)cc(=O)oc2c1. The van der Waals surface area contributed by atoms with Crippen molar-refractivity contribution in [3.63, 3.8) is 0 Å². The maximum atomic E-state index is 12.1. The minimum atomic E-state index is -0.535. The first-order valence-corrected chi connectivity index (χ1v) is 6.69. The molecule has 0 spiro atoms. The number of fused-ring (bicyclic) bond motifs is 1. The number of hydrogen-bond acceptors (Lipinski definition) is 4. The third kappa shape index (κ3) is 2.52. The summed E-state index contributed by atoms with van der Waals surface area (Å²) in [5.74, 6) is 0.387. The van der Waals surface area contributed by atoms with Gasteiger partial charge in [-0.2, -0.15) is 0 Å². The van der Waals surface area contributed by atoms with Crippen LogP contribution >= 0.6 is 0 Å². The molecule has 1 fully saturated rings. The van der Waals surface area contributed by atoms with E-state index in [0.717, 1.165) is 12.8 Å². The van der Waals surface area contributed by atoms with E-state index in [1.54, 1.807) is 18.2 Å². The van der Waals surface area contributed by atoms with Crippen LogP contribution in [-0.4, -0.2) is 18.6 Å². The monoisotopic (exact) mass is 273 g/mol. The highest BCUT2D eigenvalue weighted by molar-refractivity contribution is 6.05. The summed E-state index contributed by atoms with van der Waals surface area (Å²) in [5, 5.41) is 3.50. The van der Waals surface area contributed by atoms with Gasteiger partial charge < -0.3 is 14.5 Å². The fourth-order valence-corrected chi connectivity index (χ4v) is 2.08. The predicted molar refractivity (Wildman–Crippen MR) is 74.1 cm³/mol. The molecule has 1 amide bonds. The van der Waals surface area contributed by atoms with Crippen LogP contribution in [0.3, 0.4) is 0 Å². The van der Waals surface area contributed by atoms with Crippen molar-refractivity contribution in [1.82, 2.24) is 5.32 Å². The first kappa shape index (κ1) is 12.7. The van der Waals surface area contributed by atoms with E-state index in [0.29, 0.717) is 28.9 Å². The van der Waals surface area contributed by atoms with Gasteiger partial charge in [-0.1, -0.05) is 0 Å². The van der Waals surface area contributed by atoms with Crippen molar-refractivity contribution in [2.45, 2.75) is 25.8 Å². The van der Waals surface area contributed by atoms with Gasteiger partial charge in [-0.05, 0) is 31.9 Å². The summed E-state index contributed by atoms with van der Waals surface area (Å²) in [5.41, 5.74) is 0.183. The number of benzene rings is 1. The molecule has 5 nitrogen and oxygen atoms in total. The highest BCUT2D eigenvalue weighted by Gasteiger charge is 2.25. The van der Waals surface area contributed by atoms with Crippen LogP contribution in [-0.2, 0) is 0 Å². The average molecular weight is 273 g/mol. The summed E-state index contributed by atoms with van der Waals surface area (Å²) >= 11 is 0. The molecular weight excluding hydrogens is 258 g/mol. The van der Waals surface area contributed by atoms with E-state index in [9.17, 15) is 9.59 Å². The molecule has 0 bridgehead atoms. The summed E-state index contributed by atoms with van der Waals surface area (Å²) in [7, 11) is 0. The zero-order valence-electron chi connectivity index (χ0n) is 11.1. The Hall–Kier alpha value is -2.30. The molecule has 5 heteroatoms. The molecule has 1 heterocycles. The van der Waals surface area contributed by atoms with Crippen LogP contribution in [0.5, 0.6) is 5.75 Å². The van der Waals surface area contributed by atoms with Crippen LogP contribution in [0.2, 0.25) is 0 Å². The normalized spacial score (nSPS) is 14.2. The predicted octanol–water partition coefficient (Wildman–Crippen LogP) is 2.08. The van der Waals surface area contributed by atoms with E-state index in [-0.39, 0.29) is 11.9 Å². The zero-order chi connectivity index (χ0) is 14.1. The van der Waals surface area contributed by atoms with Gasteiger partial charge in [0.25, 0.3) is 5.91 Å². The molecule has 1 aromatic heterocycles. The van der Waals surface area contributed by atoms with Gasteiger partial charge in [0.15, 0.2) is 0 Å². The minimum absolute atomic E-state index is 0.227. The van der Waals surface area contributed by atoms with Crippen LogP contribution < -0.4 is 15.7 Å². The number of carbonyl (C=O) groups excluding carboxylic acids is 1. The second kappa shape index (κ2) is 5.00. The number of carbonyl (C=O) groups is 1. The van der Waals surface area contributed by atoms with Gasteiger partial charge in [0.2, 0.25) is 0 Å². The van der Waals surface area contributed by atoms with Crippen molar-refractivity contribution >= 4 is 16.9 Å². The Balaban J connectivity index is 2.06. The van der Waals surface area contributed by atoms with E-state index >= 15 is 0 Å². The Bertz CT molecular complexity index is 715. The lowest BCUT2D eigenvalue weighted by Gasteiger charge is -2.08. The minimum Gasteiger partial charge on any atom is -0.494 e. The molecule has 0 radical (unpaired) electrons. The lowest BCUT2D eigenvalue weighted by Crippen LogP contribution is -2.26. The standard InChI is InChI=1S/C15H15NO4/c1-2-19-10-5-6-11-12(15(18)16-9-3-4-9)8-14(17)20-13(11)7-10/h5-9H,2-4H2,1H3,(H,16,18). The summed E-state index contributed by atoms with van der Waals surface area (Å²) in [4.78, 5) is 23.7. The molecule has 0 unspecified atom stereocenters. The van der Waals surface area contributed by atoms with Crippen molar-refractivity contribution < 1.29 is 13.9 Å². The van der Waals surface area contributed by atoms with E-state index in [1.807, 2.05) is 6.92 Å². The molecule has 1 aliphatic carbocycles. The van der Waals surface area contributed by atoms with Gasteiger partial charge in [0.1, 0.15) is 11.3 Å². The van der Waals surface area contributed by atoms with Gasteiger partial charge in [-0.25, -0.2) is 4.79 Å². The van der Waals surface area contributed by atoms with Crippen molar-refractivity contribution in [3.8, 4) is 5.75 Å². The van der Waals surface area contributed by atoms with Crippen LogP contribution in [0.1, 0.15) is 30.1 Å². The van der Waals surface area contributed by atoms with Crippen molar-refractivity contribution in [2.24, 2.45) is 0 Å². The topological polar surface area (TPSA) is 68.5 Å². The highest BCUT2D eigenvalue weighted by Crippen LogP contribution is 2.24. The quantitative estimate of drug-likeness (QED) is 0.866. The first-order valence-electron chi connectivity index (χ1n) is 6.69. The maximum absolute atomic E-state index is 12.1. The Morgan fingerprint density at radius 1 is 1.40 bits per heavy atom. The molecule has 0 saturated heterocycles. The van der Waals surface area contributed by atoms with Gasteiger partial charge >= 0.3 is 5.63 Å². The lowest BCUT2D eigenvalue weighted by molar-refractivity contribution is 0.0952. The van der Waals surface area contributed by atoms with E-state index in [1.165, 1.54) is 6.07 Å². The van der Waals surface area contributed by atoms with Crippen LogP contribution in [0.25, 0.3) is 11.0 Å². The molecule has 20 heavy (non-hydrogen) atoms. The summed E-state index contributed by atoms with van der Waals surface area (Å²) < 4.78 is 10.5. The second-order valence-electron chi connectivity index (χ2n) is 4.82. The van der Waals surface area contributed by atoms with Crippen LogP contribution in [0, 0.1) is 0 Å². The van der Waals surface area contributed by atoms with Gasteiger partial charge in [-0.3, -0.25) is 4.79 Å². The first-order chi connectivity index (χ1) is 9.67. The fraction of sp³-hybridized carbons (Fsp3) is 0.333. The van der Waals surface area contributed by atoms with Crippen molar-refractivity contribution in [1.29, 1.82) is 0 Å². The lowest BCUT2D eigenvalue weighted by atomic mass is 10.1. The largest absolute Gasteiger partial charge is 0.494 e. The number of rotatable bonds is 4. The smallest absolute Gasteiger partial charge is 0.337 e. The van der Waals surface area contributed by atoms with Crippen LogP contribution in [0.4, 0.5) is 0 Å². The number of nitrogens with one attached hydrogen (secondary N) is 1. The molecule has 0 aliphatic heterocycles. The van der Waals surface area contributed by atoms with E-state index < -0.39 is 5.63 Å². The van der Waals surface area contributed by atoms with Crippen LogP contribution in [0.15, 0.2) is 33.5 Å². The Morgan fingerprint density at radius 2 is 2.20 bits per heavy atom. The van der Waals surface area contributed by atoms with Gasteiger partial charge in [0, 0.05) is 23.6 Å². The molecule has 1 saturated carbocycles. The Kier molecular flexibility index (Phi) is 3.18.